The molecule has 1 heterocycles. The van der Waals surface area contributed by atoms with Crippen LogP contribution in [0.2, 0.25) is 10.0 Å². The van der Waals surface area contributed by atoms with Crippen LogP contribution in [0, 0.1) is 0 Å². The van der Waals surface area contributed by atoms with Gasteiger partial charge >= 0.3 is 0 Å². The summed E-state index contributed by atoms with van der Waals surface area (Å²) in [5.41, 5.74) is 2.00. The van der Waals surface area contributed by atoms with Crippen molar-refractivity contribution in [2.45, 2.75) is 0 Å². The number of benzene rings is 2. The number of hydrogen-bond donors (Lipinski definition) is 0. The zero-order valence-corrected chi connectivity index (χ0v) is 16.5. The second-order valence-electron chi connectivity index (χ2n) is 6.44. The molecule has 0 aliphatic carbocycles. The summed E-state index contributed by atoms with van der Waals surface area (Å²) in [7, 11) is 0. The summed E-state index contributed by atoms with van der Waals surface area (Å²) >= 11 is 12.0. The van der Waals surface area contributed by atoms with Crippen LogP contribution in [0.4, 0.5) is 0 Å². The minimum absolute atomic E-state index is 0.0143. The van der Waals surface area contributed by atoms with Crippen LogP contribution in [0.5, 0.6) is 0 Å². The minimum atomic E-state index is 0.0143. The average Bonchev–Trinajstić information content (AvgIpc) is 2.68. The normalized spacial score (nSPS) is 15.7. The number of rotatable bonds is 5. The zero-order chi connectivity index (χ0) is 19.1. The van der Waals surface area contributed by atoms with Gasteiger partial charge in [0.05, 0.1) is 0 Å². The van der Waals surface area contributed by atoms with E-state index < -0.39 is 0 Å². The highest BCUT2D eigenvalue weighted by Crippen LogP contribution is 2.22. The standard InChI is InChI=1S/C22H22Cl2N2O/c23-20-10-8-19(21(24)17-20)9-11-22(27)26-15-13-25(14-16-26)12-4-7-18-5-2-1-3-6-18/h1-11,17H,12-16H2. The van der Waals surface area contributed by atoms with Gasteiger partial charge in [0.25, 0.3) is 0 Å². The molecule has 2 aromatic rings. The molecule has 140 valence electrons. The van der Waals surface area contributed by atoms with E-state index in [1.807, 2.05) is 29.2 Å². The highest BCUT2D eigenvalue weighted by molar-refractivity contribution is 6.35. The molecule has 3 nitrogen and oxygen atoms in total. The molecule has 0 atom stereocenters. The first-order chi connectivity index (χ1) is 13.1. The summed E-state index contributed by atoms with van der Waals surface area (Å²) in [6.07, 6.45) is 7.64. The van der Waals surface area contributed by atoms with Crippen LogP contribution < -0.4 is 0 Å². The topological polar surface area (TPSA) is 23.6 Å². The van der Waals surface area contributed by atoms with Gasteiger partial charge in [-0.3, -0.25) is 9.69 Å². The van der Waals surface area contributed by atoms with Gasteiger partial charge in [0.1, 0.15) is 0 Å². The average molecular weight is 401 g/mol. The molecular weight excluding hydrogens is 379 g/mol. The van der Waals surface area contributed by atoms with Crippen LogP contribution in [0.3, 0.4) is 0 Å². The molecule has 0 unspecified atom stereocenters. The predicted molar refractivity (Wildman–Crippen MR) is 114 cm³/mol. The van der Waals surface area contributed by atoms with E-state index in [1.165, 1.54) is 5.56 Å². The molecule has 0 N–H and O–H groups in total. The lowest BCUT2D eigenvalue weighted by Crippen LogP contribution is -2.48. The molecule has 0 bridgehead atoms. The molecule has 0 radical (unpaired) electrons. The smallest absolute Gasteiger partial charge is 0.246 e. The number of halogens is 2. The van der Waals surface area contributed by atoms with Gasteiger partial charge in [-0.05, 0) is 29.3 Å². The van der Waals surface area contributed by atoms with Gasteiger partial charge in [-0.15, -0.1) is 0 Å². The summed E-state index contributed by atoms with van der Waals surface area (Å²) in [6.45, 7) is 4.11. The molecule has 0 spiro atoms. The van der Waals surface area contributed by atoms with Gasteiger partial charge in [0.2, 0.25) is 5.91 Å². The summed E-state index contributed by atoms with van der Waals surface area (Å²) < 4.78 is 0. The maximum atomic E-state index is 12.4. The van der Waals surface area contributed by atoms with Crippen molar-refractivity contribution in [1.29, 1.82) is 0 Å². The van der Waals surface area contributed by atoms with Gasteiger partial charge in [-0.2, -0.15) is 0 Å². The Morgan fingerprint density at radius 1 is 0.963 bits per heavy atom. The van der Waals surface area contributed by atoms with E-state index in [0.29, 0.717) is 10.0 Å². The fourth-order valence-electron chi connectivity index (χ4n) is 2.96. The van der Waals surface area contributed by atoms with Gasteiger partial charge in [0.15, 0.2) is 0 Å². The van der Waals surface area contributed by atoms with Crippen molar-refractivity contribution >= 4 is 41.3 Å². The minimum Gasteiger partial charge on any atom is -0.337 e. The largest absolute Gasteiger partial charge is 0.337 e. The third kappa shape index (κ3) is 5.96. The van der Waals surface area contributed by atoms with E-state index in [2.05, 4.69) is 29.2 Å². The number of hydrogen-bond acceptors (Lipinski definition) is 2. The molecule has 1 saturated heterocycles. The van der Waals surface area contributed by atoms with Crippen molar-refractivity contribution in [3.8, 4) is 0 Å². The van der Waals surface area contributed by atoms with Crippen molar-refractivity contribution in [1.82, 2.24) is 9.80 Å². The lowest BCUT2D eigenvalue weighted by atomic mass is 10.2. The van der Waals surface area contributed by atoms with Crippen LogP contribution in [-0.4, -0.2) is 48.4 Å². The van der Waals surface area contributed by atoms with E-state index in [0.717, 1.165) is 38.3 Å². The number of piperazine rings is 1. The predicted octanol–water partition coefficient (Wildman–Crippen LogP) is 4.86. The van der Waals surface area contributed by atoms with Crippen LogP contribution in [-0.2, 0) is 4.79 Å². The fraction of sp³-hybridized carbons (Fsp3) is 0.227. The van der Waals surface area contributed by atoms with Crippen molar-refractivity contribution in [3.63, 3.8) is 0 Å². The maximum Gasteiger partial charge on any atom is 0.246 e. The Kier molecular flexibility index (Phi) is 7.11. The van der Waals surface area contributed by atoms with Crippen molar-refractivity contribution < 1.29 is 4.79 Å². The molecule has 0 saturated carbocycles. The summed E-state index contributed by atoms with van der Waals surface area (Å²) in [5.74, 6) is 0.0143. The SMILES string of the molecule is O=C(C=Cc1ccc(Cl)cc1Cl)N1CCN(CC=Cc2ccccc2)CC1. The first kappa shape index (κ1) is 19.7. The van der Waals surface area contributed by atoms with Crippen LogP contribution in [0.25, 0.3) is 12.2 Å². The van der Waals surface area contributed by atoms with E-state index in [-0.39, 0.29) is 5.91 Å². The molecule has 1 fully saturated rings. The van der Waals surface area contributed by atoms with Crippen molar-refractivity contribution in [2.75, 3.05) is 32.7 Å². The second kappa shape index (κ2) is 9.75. The highest BCUT2D eigenvalue weighted by atomic mass is 35.5. The lowest BCUT2D eigenvalue weighted by Gasteiger charge is -2.33. The second-order valence-corrected chi connectivity index (χ2v) is 7.28. The van der Waals surface area contributed by atoms with Gasteiger partial charge in [0, 0.05) is 48.8 Å². The van der Waals surface area contributed by atoms with E-state index >= 15 is 0 Å². The molecule has 3 rings (SSSR count). The quantitative estimate of drug-likeness (QED) is 0.668. The molecule has 0 aromatic heterocycles. The third-order valence-corrected chi connectivity index (χ3v) is 5.09. The maximum absolute atomic E-state index is 12.4. The van der Waals surface area contributed by atoms with E-state index in [1.54, 1.807) is 24.3 Å². The monoisotopic (exact) mass is 400 g/mol. The first-order valence-corrected chi connectivity index (χ1v) is 9.73. The van der Waals surface area contributed by atoms with Gasteiger partial charge in [-0.25, -0.2) is 0 Å². The number of carbonyl (C=O) groups excluding carboxylic acids is 1. The Hall–Kier alpha value is -2.07. The third-order valence-electron chi connectivity index (χ3n) is 4.53. The van der Waals surface area contributed by atoms with Crippen molar-refractivity contribution in [2.24, 2.45) is 0 Å². The Morgan fingerprint density at radius 2 is 1.70 bits per heavy atom. The summed E-state index contributed by atoms with van der Waals surface area (Å²) in [4.78, 5) is 16.6. The fourth-order valence-corrected chi connectivity index (χ4v) is 3.43. The molecule has 5 heteroatoms. The number of amides is 1. The van der Waals surface area contributed by atoms with Crippen LogP contribution in [0.1, 0.15) is 11.1 Å². The molecule has 1 aliphatic rings. The highest BCUT2D eigenvalue weighted by Gasteiger charge is 2.18. The first-order valence-electron chi connectivity index (χ1n) is 8.98. The number of nitrogens with zero attached hydrogens (tertiary/aromatic N) is 2. The van der Waals surface area contributed by atoms with Gasteiger partial charge in [-0.1, -0.05) is 71.8 Å². The Morgan fingerprint density at radius 3 is 2.41 bits per heavy atom. The zero-order valence-electron chi connectivity index (χ0n) is 15.0. The molecule has 27 heavy (non-hydrogen) atoms. The van der Waals surface area contributed by atoms with Crippen LogP contribution >= 0.6 is 23.2 Å². The molecule has 2 aromatic carbocycles. The molecular formula is C22H22Cl2N2O. The van der Waals surface area contributed by atoms with E-state index in [9.17, 15) is 4.79 Å². The molecule has 1 aliphatic heterocycles. The molecule has 1 amide bonds. The Bertz CT molecular complexity index is 825. The van der Waals surface area contributed by atoms with Crippen LogP contribution in [0.15, 0.2) is 60.7 Å². The number of carbonyl (C=O) groups is 1. The van der Waals surface area contributed by atoms with Crippen molar-refractivity contribution in [3.05, 3.63) is 81.9 Å². The summed E-state index contributed by atoms with van der Waals surface area (Å²) in [5, 5.41) is 1.13. The van der Waals surface area contributed by atoms with E-state index in [4.69, 9.17) is 23.2 Å². The lowest BCUT2D eigenvalue weighted by molar-refractivity contribution is -0.127. The Balaban J connectivity index is 1.46. The summed E-state index contributed by atoms with van der Waals surface area (Å²) in [6, 6.07) is 15.5. The Labute approximate surface area is 170 Å². The van der Waals surface area contributed by atoms with Gasteiger partial charge < -0.3 is 4.90 Å².